The first-order valence-corrected chi connectivity index (χ1v) is 7.24. The summed E-state index contributed by atoms with van der Waals surface area (Å²) in [6.07, 6.45) is 0.335. The molecule has 3 heteroatoms. The highest BCUT2D eigenvalue weighted by molar-refractivity contribution is 5.96. The molecule has 0 fully saturated rings. The number of rotatable bonds is 7. The maximum absolute atomic E-state index is 13.6. The second-order valence-electron chi connectivity index (χ2n) is 5.01. The first kappa shape index (κ1) is 15.4. The molecule has 0 aliphatic carbocycles. The van der Waals surface area contributed by atoms with E-state index in [1.54, 1.807) is 18.2 Å². The van der Waals surface area contributed by atoms with Crippen molar-refractivity contribution in [3.05, 3.63) is 71.5 Å². The van der Waals surface area contributed by atoms with Gasteiger partial charge in [0.25, 0.3) is 0 Å². The van der Waals surface area contributed by atoms with Crippen LogP contribution in [0.1, 0.15) is 29.3 Å². The van der Waals surface area contributed by atoms with Gasteiger partial charge in [0.2, 0.25) is 0 Å². The topological polar surface area (TPSA) is 20.3 Å². The Balaban J connectivity index is 1.91. The van der Waals surface area contributed by atoms with Gasteiger partial charge in [-0.15, -0.1) is 0 Å². The average molecular weight is 285 g/mol. The predicted molar refractivity (Wildman–Crippen MR) is 82.7 cm³/mol. The van der Waals surface area contributed by atoms with Gasteiger partial charge in [0.05, 0.1) is 5.56 Å². The van der Waals surface area contributed by atoms with E-state index >= 15 is 0 Å². The molecule has 2 aromatic carbocycles. The second-order valence-corrected chi connectivity index (χ2v) is 5.01. The molecule has 0 atom stereocenters. The predicted octanol–water partition coefficient (Wildman–Crippen LogP) is 3.92. The van der Waals surface area contributed by atoms with Crippen molar-refractivity contribution in [2.24, 2.45) is 0 Å². The van der Waals surface area contributed by atoms with E-state index < -0.39 is 5.82 Å². The van der Waals surface area contributed by atoms with Gasteiger partial charge >= 0.3 is 0 Å². The van der Waals surface area contributed by atoms with Crippen molar-refractivity contribution in [2.45, 2.75) is 19.9 Å². The molecule has 2 rings (SSSR count). The highest BCUT2D eigenvalue weighted by atomic mass is 19.1. The summed E-state index contributed by atoms with van der Waals surface area (Å²) in [6, 6.07) is 16.3. The maximum atomic E-state index is 13.6. The van der Waals surface area contributed by atoms with Crippen molar-refractivity contribution < 1.29 is 9.18 Å². The molecule has 0 saturated carbocycles. The van der Waals surface area contributed by atoms with Crippen LogP contribution < -0.4 is 0 Å². The Bertz CT molecular complexity index is 583. The highest BCUT2D eigenvalue weighted by Crippen LogP contribution is 2.11. The molecule has 0 amide bonds. The minimum absolute atomic E-state index is 0.139. The van der Waals surface area contributed by atoms with Gasteiger partial charge in [-0.05, 0) is 24.2 Å². The van der Waals surface area contributed by atoms with Crippen molar-refractivity contribution in [2.75, 3.05) is 13.1 Å². The molecule has 0 aliphatic rings. The molecule has 110 valence electrons. The number of halogens is 1. The van der Waals surface area contributed by atoms with Crippen LogP contribution in [0.15, 0.2) is 54.6 Å². The van der Waals surface area contributed by atoms with E-state index in [4.69, 9.17) is 0 Å². The standard InChI is InChI=1S/C18H20FNO/c1-2-20(14-15-8-4-3-5-9-15)13-12-18(21)16-10-6-7-11-17(16)19/h3-11H,2,12-14H2,1H3. The largest absolute Gasteiger partial charge is 0.299 e. The molecule has 0 heterocycles. The quantitative estimate of drug-likeness (QED) is 0.719. The molecule has 0 unspecified atom stereocenters. The van der Waals surface area contributed by atoms with Gasteiger partial charge in [-0.3, -0.25) is 9.69 Å². The van der Waals surface area contributed by atoms with Gasteiger partial charge in [0.1, 0.15) is 5.82 Å². The van der Waals surface area contributed by atoms with E-state index in [0.717, 1.165) is 13.1 Å². The van der Waals surface area contributed by atoms with E-state index in [-0.39, 0.29) is 11.3 Å². The van der Waals surface area contributed by atoms with Crippen molar-refractivity contribution in [3.8, 4) is 0 Å². The number of hydrogen-bond acceptors (Lipinski definition) is 2. The molecular weight excluding hydrogens is 265 g/mol. The zero-order valence-electron chi connectivity index (χ0n) is 12.3. The Hall–Kier alpha value is -2.00. The lowest BCUT2D eigenvalue weighted by molar-refractivity contribution is 0.0959. The van der Waals surface area contributed by atoms with Crippen molar-refractivity contribution in [1.29, 1.82) is 0 Å². The lowest BCUT2D eigenvalue weighted by Gasteiger charge is -2.20. The summed E-state index contributed by atoms with van der Waals surface area (Å²) in [5, 5.41) is 0. The normalized spacial score (nSPS) is 10.8. The third-order valence-electron chi connectivity index (χ3n) is 3.53. The smallest absolute Gasteiger partial charge is 0.167 e. The zero-order valence-corrected chi connectivity index (χ0v) is 12.3. The van der Waals surface area contributed by atoms with Crippen molar-refractivity contribution in [1.82, 2.24) is 4.90 Å². The van der Waals surface area contributed by atoms with Crippen LogP contribution in [0.5, 0.6) is 0 Å². The zero-order chi connectivity index (χ0) is 15.1. The van der Waals surface area contributed by atoms with Crippen LogP contribution in [0, 0.1) is 5.82 Å². The Morgan fingerprint density at radius 2 is 1.71 bits per heavy atom. The van der Waals surface area contributed by atoms with E-state index in [0.29, 0.717) is 13.0 Å². The van der Waals surface area contributed by atoms with Gasteiger partial charge in [0, 0.05) is 19.5 Å². The number of hydrogen-bond donors (Lipinski definition) is 0. The first-order chi connectivity index (χ1) is 10.2. The number of nitrogens with zero attached hydrogens (tertiary/aromatic N) is 1. The Morgan fingerprint density at radius 1 is 1.05 bits per heavy atom. The van der Waals surface area contributed by atoms with Crippen LogP contribution in [-0.2, 0) is 6.54 Å². The SMILES string of the molecule is CCN(CCC(=O)c1ccccc1F)Cc1ccccc1. The molecule has 0 N–H and O–H groups in total. The molecule has 0 saturated heterocycles. The van der Waals surface area contributed by atoms with Crippen LogP contribution in [0.25, 0.3) is 0 Å². The molecule has 0 bridgehead atoms. The summed E-state index contributed by atoms with van der Waals surface area (Å²) in [5.74, 6) is -0.576. The Morgan fingerprint density at radius 3 is 2.38 bits per heavy atom. The molecule has 0 aliphatic heterocycles. The van der Waals surface area contributed by atoms with Crippen molar-refractivity contribution >= 4 is 5.78 Å². The third-order valence-corrected chi connectivity index (χ3v) is 3.53. The van der Waals surface area contributed by atoms with E-state index in [1.807, 2.05) is 18.2 Å². The molecule has 2 aromatic rings. The van der Waals surface area contributed by atoms with Crippen LogP contribution in [-0.4, -0.2) is 23.8 Å². The molecule has 0 radical (unpaired) electrons. The fourth-order valence-corrected chi connectivity index (χ4v) is 2.27. The summed E-state index contributed by atoms with van der Waals surface area (Å²) in [6.45, 7) is 4.37. The van der Waals surface area contributed by atoms with E-state index in [2.05, 4.69) is 24.0 Å². The maximum Gasteiger partial charge on any atom is 0.167 e. The van der Waals surface area contributed by atoms with E-state index in [9.17, 15) is 9.18 Å². The fraction of sp³-hybridized carbons (Fsp3) is 0.278. The highest BCUT2D eigenvalue weighted by Gasteiger charge is 2.12. The van der Waals surface area contributed by atoms with E-state index in [1.165, 1.54) is 11.6 Å². The Kier molecular flexibility index (Phi) is 5.64. The number of benzene rings is 2. The number of Topliss-reactive ketones (excluding diaryl/α,β-unsaturated/α-hetero) is 1. The summed E-state index contributed by atoms with van der Waals surface area (Å²) in [7, 11) is 0. The summed E-state index contributed by atoms with van der Waals surface area (Å²) >= 11 is 0. The molecule has 0 aromatic heterocycles. The Labute approximate surface area is 125 Å². The summed E-state index contributed by atoms with van der Waals surface area (Å²) in [5.41, 5.74) is 1.41. The van der Waals surface area contributed by atoms with Gasteiger partial charge in [-0.1, -0.05) is 49.4 Å². The molecule has 2 nitrogen and oxygen atoms in total. The first-order valence-electron chi connectivity index (χ1n) is 7.24. The minimum Gasteiger partial charge on any atom is -0.299 e. The number of carbonyl (C=O) groups is 1. The third kappa shape index (κ3) is 4.50. The fourth-order valence-electron chi connectivity index (χ4n) is 2.27. The monoisotopic (exact) mass is 285 g/mol. The molecule has 21 heavy (non-hydrogen) atoms. The van der Waals surface area contributed by atoms with Crippen LogP contribution in [0.3, 0.4) is 0 Å². The van der Waals surface area contributed by atoms with Crippen molar-refractivity contribution in [3.63, 3.8) is 0 Å². The minimum atomic E-state index is -0.436. The molecule has 0 spiro atoms. The second kappa shape index (κ2) is 7.70. The van der Waals surface area contributed by atoms with Crippen LogP contribution >= 0.6 is 0 Å². The lowest BCUT2D eigenvalue weighted by Crippen LogP contribution is -2.26. The summed E-state index contributed by atoms with van der Waals surface area (Å²) in [4.78, 5) is 14.3. The summed E-state index contributed by atoms with van der Waals surface area (Å²) < 4.78 is 13.6. The van der Waals surface area contributed by atoms with Gasteiger partial charge in [-0.2, -0.15) is 0 Å². The number of carbonyl (C=O) groups excluding carboxylic acids is 1. The molecular formula is C18H20FNO. The van der Waals surface area contributed by atoms with Crippen LogP contribution in [0.2, 0.25) is 0 Å². The van der Waals surface area contributed by atoms with Gasteiger partial charge in [0.15, 0.2) is 5.78 Å². The van der Waals surface area contributed by atoms with Gasteiger partial charge in [-0.25, -0.2) is 4.39 Å². The van der Waals surface area contributed by atoms with Gasteiger partial charge < -0.3 is 0 Å². The number of ketones is 1. The lowest BCUT2D eigenvalue weighted by atomic mass is 10.1. The van der Waals surface area contributed by atoms with Crippen LogP contribution in [0.4, 0.5) is 4.39 Å². The average Bonchev–Trinajstić information content (AvgIpc) is 2.52.